The van der Waals surface area contributed by atoms with Crippen molar-refractivity contribution in [2.75, 3.05) is 13.6 Å². The highest BCUT2D eigenvalue weighted by atomic mass is 15.2. The van der Waals surface area contributed by atoms with Crippen molar-refractivity contribution in [2.24, 2.45) is 5.73 Å². The van der Waals surface area contributed by atoms with Crippen LogP contribution in [0.5, 0.6) is 0 Å². The molecular formula is C13H21N3. The van der Waals surface area contributed by atoms with Gasteiger partial charge in [0.25, 0.3) is 0 Å². The van der Waals surface area contributed by atoms with Crippen LogP contribution in [-0.2, 0) is 6.54 Å². The summed E-state index contributed by atoms with van der Waals surface area (Å²) in [6.45, 7) is 1.66. The Balaban J connectivity index is 2.04. The number of hydrogen-bond acceptors (Lipinski definition) is 3. The van der Waals surface area contributed by atoms with Gasteiger partial charge in [0.2, 0.25) is 0 Å². The van der Waals surface area contributed by atoms with Crippen LogP contribution in [0.15, 0.2) is 24.4 Å². The second kappa shape index (κ2) is 4.93. The first-order valence-electron chi connectivity index (χ1n) is 6.08. The van der Waals surface area contributed by atoms with Gasteiger partial charge in [-0.3, -0.25) is 9.88 Å². The van der Waals surface area contributed by atoms with Crippen LogP contribution in [0.1, 0.15) is 31.4 Å². The Morgan fingerprint density at radius 2 is 2.12 bits per heavy atom. The van der Waals surface area contributed by atoms with Crippen molar-refractivity contribution in [1.82, 2.24) is 9.88 Å². The van der Waals surface area contributed by atoms with E-state index in [1.165, 1.54) is 25.7 Å². The fraction of sp³-hybridized carbons (Fsp3) is 0.615. The summed E-state index contributed by atoms with van der Waals surface area (Å²) in [6.07, 6.45) is 6.93. The normalized spacial score (nSPS) is 19.2. The maximum atomic E-state index is 5.96. The molecule has 1 fully saturated rings. The number of rotatable bonds is 4. The van der Waals surface area contributed by atoms with E-state index in [9.17, 15) is 0 Å². The van der Waals surface area contributed by atoms with Crippen molar-refractivity contribution in [1.29, 1.82) is 0 Å². The summed E-state index contributed by atoms with van der Waals surface area (Å²) in [4.78, 5) is 6.76. The lowest BCUT2D eigenvalue weighted by Crippen LogP contribution is -2.49. The van der Waals surface area contributed by atoms with E-state index >= 15 is 0 Å². The van der Waals surface area contributed by atoms with Crippen LogP contribution in [0.25, 0.3) is 0 Å². The number of hydrogen-bond donors (Lipinski definition) is 1. The molecule has 0 saturated heterocycles. The molecular weight excluding hydrogens is 198 g/mol. The third-order valence-electron chi connectivity index (χ3n) is 3.85. The first kappa shape index (κ1) is 11.6. The van der Waals surface area contributed by atoms with E-state index < -0.39 is 0 Å². The van der Waals surface area contributed by atoms with Crippen LogP contribution in [0.2, 0.25) is 0 Å². The highest BCUT2D eigenvalue weighted by molar-refractivity contribution is 5.05. The highest BCUT2D eigenvalue weighted by Crippen LogP contribution is 2.34. The average molecular weight is 219 g/mol. The molecule has 3 nitrogen and oxygen atoms in total. The second-order valence-electron chi connectivity index (χ2n) is 4.81. The second-order valence-corrected chi connectivity index (χ2v) is 4.81. The van der Waals surface area contributed by atoms with Gasteiger partial charge in [0.1, 0.15) is 0 Å². The Hall–Kier alpha value is -0.930. The van der Waals surface area contributed by atoms with Gasteiger partial charge in [0.15, 0.2) is 0 Å². The van der Waals surface area contributed by atoms with Gasteiger partial charge >= 0.3 is 0 Å². The highest BCUT2D eigenvalue weighted by Gasteiger charge is 2.36. The molecule has 0 amide bonds. The molecule has 1 aliphatic carbocycles. The van der Waals surface area contributed by atoms with E-state index in [4.69, 9.17) is 5.73 Å². The van der Waals surface area contributed by atoms with E-state index in [0.717, 1.165) is 18.8 Å². The van der Waals surface area contributed by atoms with E-state index in [0.29, 0.717) is 0 Å². The summed E-state index contributed by atoms with van der Waals surface area (Å²) >= 11 is 0. The fourth-order valence-electron chi connectivity index (χ4n) is 2.68. The van der Waals surface area contributed by atoms with E-state index in [1.807, 2.05) is 18.3 Å². The molecule has 0 aliphatic heterocycles. The zero-order valence-corrected chi connectivity index (χ0v) is 10.0. The lowest BCUT2D eigenvalue weighted by molar-refractivity contribution is 0.122. The van der Waals surface area contributed by atoms with Crippen molar-refractivity contribution >= 4 is 0 Å². The minimum atomic E-state index is 0.220. The fourth-order valence-corrected chi connectivity index (χ4v) is 2.68. The quantitative estimate of drug-likeness (QED) is 0.839. The molecule has 0 radical (unpaired) electrons. The molecule has 0 spiro atoms. The number of aromatic nitrogens is 1. The van der Waals surface area contributed by atoms with Crippen LogP contribution in [-0.4, -0.2) is 29.0 Å². The maximum Gasteiger partial charge on any atom is 0.0544 e. The summed E-state index contributed by atoms with van der Waals surface area (Å²) in [5, 5.41) is 0. The summed E-state index contributed by atoms with van der Waals surface area (Å²) in [5.41, 5.74) is 7.31. The molecule has 1 heterocycles. The van der Waals surface area contributed by atoms with Crippen LogP contribution < -0.4 is 5.73 Å². The number of pyridine rings is 1. The first-order valence-corrected chi connectivity index (χ1v) is 6.08. The Bertz CT molecular complexity index is 317. The smallest absolute Gasteiger partial charge is 0.0544 e. The van der Waals surface area contributed by atoms with Crippen molar-refractivity contribution in [3.05, 3.63) is 30.1 Å². The number of nitrogens with two attached hydrogens (primary N) is 1. The van der Waals surface area contributed by atoms with Gasteiger partial charge in [-0.15, -0.1) is 0 Å². The van der Waals surface area contributed by atoms with Gasteiger partial charge in [-0.2, -0.15) is 0 Å². The Labute approximate surface area is 97.7 Å². The van der Waals surface area contributed by atoms with Crippen LogP contribution in [0, 0.1) is 0 Å². The molecule has 3 heteroatoms. The summed E-state index contributed by atoms with van der Waals surface area (Å²) in [6, 6.07) is 6.08. The standard InChI is InChI=1S/C13H21N3/c1-16(10-12-6-2-5-9-15-12)13(11-14)7-3-4-8-13/h2,5-6,9H,3-4,7-8,10-11,14H2,1H3. The average Bonchev–Trinajstić information content (AvgIpc) is 2.80. The zero-order chi connectivity index (χ0) is 11.4. The number of likely N-dealkylation sites (N-methyl/N-ethyl adjacent to an activating group) is 1. The third-order valence-corrected chi connectivity index (χ3v) is 3.85. The Morgan fingerprint density at radius 3 is 2.69 bits per heavy atom. The molecule has 1 aromatic rings. The molecule has 1 aliphatic rings. The van der Waals surface area contributed by atoms with E-state index in [2.05, 4.69) is 23.0 Å². The third kappa shape index (κ3) is 2.25. The van der Waals surface area contributed by atoms with Gasteiger partial charge in [-0.05, 0) is 32.0 Å². The van der Waals surface area contributed by atoms with Gasteiger partial charge < -0.3 is 5.73 Å². The molecule has 1 aromatic heterocycles. The monoisotopic (exact) mass is 219 g/mol. The van der Waals surface area contributed by atoms with E-state index in [1.54, 1.807) is 0 Å². The maximum absolute atomic E-state index is 5.96. The largest absolute Gasteiger partial charge is 0.329 e. The van der Waals surface area contributed by atoms with E-state index in [-0.39, 0.29) is 5.54 Å². The van der Waals surface area contributed by atoms with Gasteiger partial charge in [0.05, 0.1) is 5.69 Å². The molecule has 0 atom stereocenters. The zero-order valence-electron chi connectivity index (χ0n) is 10.0. The molecule has 0 unspecified atom stereocenters. The molecule has 16 heavy (non-hydrogen) atoms. The van der Waals surface area contributed by atoms with Gasteiger partial charge in [-0.1, -0.05) is 18.9 Å². The number of nitrogens with zero attached hydrogens (tertiary/aromatic N) is 2. The predicted molar refractivity (Wildman–Crippen MR) is 66.0 cm³/mol. The predicted octanol–water partition coefficient (Wildman–Crippen LogP) is 1.78. The SMILES string of the molecule is CN(Cc1ccccn1)C1(CN)CCCC1. The summed E-state index contributed by atoms with van der Waals surface area (Å²) < 4.78 is 0. The first-order chi connectivity index (χ1) is 7.77. The minimum absolute atomic E-state index is 0.220. The van der Waals surface area contributed by atoms with Crippen molar-refractivity contribution in [3.63, 3.8) is 0 Å². The Kier molecular flexibility index (Phi) is 3.56. The Morgan fingerprint density at radius 1 is 1.38 bits per heavy atom. The van der Waals surface area contributed by atoms with Crippen LogP contribution in [0.4, 0.5) is 0 Å². The lowest BCUT2D eigenvalue weighted by Gasteiger charge is -2.37. The minimum Gasteiger partial charge on any atom is -0.329 e. The molecule has 2 N–H and O–H groups in total. The van der Waals surface area contributed by atoms with Gasteiger partial charge in [-0.25, -0.2) is 0 Å². The summed E-state index contributed by atoms with van der Waals surface area (Å²) in [7, 11) is 2.17. The molecule has 1 saturated carbocycles. The van der Waals surface area contributed by atoms with Crippen molar-refractivity contribution in [3.8, 4) is 0 Å². The molecule has 0 aromatic carbocycles. The van der Waals surface area contributed by atoms with Crippen LogP contribution in [0.3, 0.4) is 0 Å². The molecule has 88 valence electrons. The lowest BCUT2D eigenvalue weighted by atomic mass is 9.95. The van der Waals surface area contributed by atoms with Crippen molar-refractivity contribution < 1.29 is 0 Å². The molecule has 0 bridgehead atoms. The molecule has 2 rings (SSSR count). The topological polar surface area (TPSA) is 42.2 Å². The van der Waals surface area contributed by atoms with Crippen LogP contribution >= 0.6 is 0 Å². The van der Waals surface area contributed by atoms with Crippen molar-refractivity contribution in [2.45, 2.75) is 37.8 Å². The van der Waals surface area contributed by atoms with Gasteiger partial charge in [0, 0.05) is 24.8 Å². The summed E-state index contributed by atoms with van der Waals surface area (Å²) in [5.74, 6) is 0.